The Hall–Kier alpha value is -2.36. The molecule has 0 bridgehead atoms. The van der Waals surface area contributed by atoms with Crippen molar-refractivity contribution in [3.05, 3.63) is 59.9 Å². The van der Waals surface area contributed by atoms with Crippen molar-refractivity contribution in [3.8, 4) is 0 Å². The molecule has 2 aromatic rings. The van der Waals surface area contributed by atoms with Crippen LogP contribution in [0.15, 0.2) is 48.8 Å². The quantitative estimate of drug-likeness (QED) is 0.874. The summed E-state index contributed by atoms with van der Waals surface area (Å²) in [7, 11) is 0. The molecule has 1 saturated heterocycles. The first-order valence-electron chi connectivity index (χ1n) is 8.20. The molecule has 4 heteroatoms. The first kappa shape index (κ1) is 15.5. The van der Waals surface area contributed by atoms with Crippen molar-refractivity contribution in [2.24, 2.45) is 0 Å². The summed E-state index contributed by atoms with van der Waals surface area (Å²) < 4.78 is 0. The highest BCUT2D eigenvalue weighted by molar-refractivity contribution is 5.94. The predicted octanol–water partition coefficient (Wildman–Crippen LogP) is 3.17. The van der Waals surface area contributed by atoms with E-state index in [1.807, 2.05) is 17.0 Å². The van der Waals surface area contributed by atoms with Gasteiger partial charge in [0.25, 0.3) is 5.91 Å². The summed E-state index contributed by atoms with van der Waals surface area (Å²) in [5.74, 6) is 0.580. The van der Waals surface area contributed by atoms with Gasteiger partial charge in [-0.2, -0.15) is 0 Å². The molecule has 1 amide bonds. The largest absolute Gasteiger partial charge is 0.368 e. The van der Waals surface area contributed by atoms with Gasteiger partial charge in [-0.25, -0.2) is 0 Å². The molecule has 2 heterocycles. The Kier molecular flexibility index (Phi) is 4.60. The molecule has 0 saturated carbocycles. The summed E-state index contributed by atoms with van der Waals surface area (Å²) in [6.45, 7) is 7.69. The summed E-state index contributed by atoms with van der Waals surface area (Å²) in [5.41, 5.74) is 3.35. The number of amides is 1. The maximum Gasteiger partial charge on any atom is 0.255 e. The number of para-hydroxylation sites is 1. The van der Waals surface area contributed by atoms with Gasteiger partial charge >= 0.3 is 0 Å². The van der Waals surface area contributed by atoms with Crippen molar-refractivity contribution in [1.82, 2.24) is 9.88 Å². The van der Waals surface area contributed by atoms with Gasteiger partial charge in [-0.15, -0.1) is 0 Å². The molecule has 0 spiro atoms. The highest BCUT2D eigenvalue weighted by Crippen LogP contribution is 2.28. The highest BCUT2D eigenvalue weighted by Gasteiger charge is 2.23. The fourth-order valence-electron chi connectivity index (χ4n) is 3.09. The predicted molar refractivity (Wildman–Crippen MR) is 92.9 cm³/mol. The molecular formula is C19H23N3O. The Morgan fingerprint density at radius 3 is 2.43 bits per heavy atom. The minimum Gasteiger partial charge on any atom is -0.368 e. The number of hydrogen-bond acceptors (Lipinski definition) is 3. The zero-order chi connectivity index (χ0) is 16.2. The molecule has 0 aliphatic carbocycles. The van der Waals surface area contributed by atoms with Crippen LogP contribution in [0.2, 0.25) is 0 Å². The third-order valence-electron chi connectivity index (χ3n) is 4.37. The number of hydrogen-bond donors (Lipinski definition) is 0. The third kappa shape index (κ3) is 3.36. The van der Waals surface area contributed by atoms with Gasteiger partial charge in [0, 0.05) is 44.3 Å². The van der Waals surface area contributed by atoms with Crippen molar-refractivity contribution in [1.29, 1.82) is 0 Å². The molecule has 1 fully saturated rings. The van der Waals surface area contributed by atoms with Gasteiger partial charge in [0.1, 0.15) is 0 Å². The molecule has 3 rings (SSSR count). The van der Waals surface area contributed by atoms with Crippen LogP contribution in [0.4, 0.5) is 5.69 Å². The van der Waals surface area contributed by atoms with Crippen LogP contribution >= 0.6 is 0 Å². The van der Waals surface area contributed by atoms with E-state index >= 15 is 0 Å². The van der Waals surface area contributed by atoms with Crippen LogP contribution in [0.25, 0.3) is 0 Å². The van der Waals surface area contributed by atoms with Crippen LogP contribution in [-0.2, 0) is 0 Å². The lowest BCUT2D eigenvalue weighted by Gasteiger charge is -2.37. The maximum atomic E-state index is 12.5. The maximum absolute atomic E-state index is 12.5. The molecule has 0 N–H and O–H groups in total. The standard InChI is InChI=1S/C19H23N3O/c1-15(2)17-7-3-4-8-18(17)21-10-12-22(13-11-21)19(23)16-6-5-9-20-14-16/h3-9,14-15H,10-13H2,1-2H3. The lowest BCUT2D eigenvalue weighted by atomic mass is 10.00. The fourth-order valence-corrected chi connectivity index (χ4v) is 3.09. The SMILES string of the molecule is CC(C)c1ccccc1N1CCN(C(=O)c2cccnc2)CC1. The van der Waals surface area contributed by atoms with Crippen molar-refractivity contribution >= 4 is 11.6 Å². The van der Waals surface area contributed by atoms with E-state index < -0.39 is 0 Å². The Labute approximate surface area is 137 Å². The average Bonchev–Trinajstić information content (AvgIpc) is 2.62. The first-order chi connectivity index (χ1) is 11.2. The summed E-state index contributed by atoms with van der Waals surface area (Å²) in [4.78, 5) is 20.8. The molecule has 1 aliphatic rings. The number of piperazine rings is 1. The van der Waals surface area contributed by atoms with Gasteiger partial charge in [-0.1, -0.05) is 32.0 Å². The molecule has 0 atom stereocenters. The lowest BCUT2D eigenvalue weighted by Crippen LogP contribution is -2.49. The Bertz CT molecular complexity index is 661. The summed E-state index contributed by atoms with van der Waals surface area (Å²) in [6, 6.07) is 12.2. The number of aromatic nitrogens is 1. The zero-order valence-electron chi connectivity index (χ0n) is 13.8. The van der Waals surface area contributed by atoms with Gasteiger partial charge in [0.05, 0.1) is 5.56 Å². The molecule has 120 valence electrons. The fraction of sp³-hybridized carbons (Fsp3) is 0.368. The van der Waals surface area contributed by atoms with Gasteiger partial charge < -0.3 is 9.80 Å². The number of rotatable bonds is 3. The topological polar surface area (TPSA) is 36.4 Å². The van der Waals surface area contributed by atoms with Gasteiger partial charge in [-0.3, -0.25) is 9.78 Å². The number of carbonyl (C=O) groups is 1. The van der Waals surface area contributed by atoms with Crippen LogP contribution in [0.5, 0.6) is 0 Å². The molecule has 1 aromatic heterocycles. The van der Waals surface area contributed by atoms with Gasteiger partial charge in [0.15, 0.2) is 0 Å². The van der Waals surface area contributed by atoms with Crippen LogP contribution in [0.3, 0.4) is 0 Å². The zero-order valence-corrected chi connectivity index (χ0v) is 13.8. The Morgan fingerprint density at radius 2 is 1.78 bits per heavy atom. The second-order valence-electron chi connectivity index (χ2n) is 6.23. The van der Waals surface area contributed by atoms with Crippen molar-refractivity contribution in [2.75, 3.05) is 31.1 Å². The number of anilines is 1. The molecule has 1 aliphatic heterocycles. The summed E-state index contributed by atoms with van der Waals surface area (Å²) >= 11 is 0. The van der Waals surface area contributed by atoms with Crippen molar-refractivity contribution in [3.63, 3.8) is 0 Å². The smallest absolute Gasteiger partial charge is 0.255 e. The molecule has 0 unspecified atom stereocenters. The van der Waals surface area contributed by atoms with Crippen LogP contribution in [0.1, 0.15) is 35.7 Å². The van der Waals surface area contributed by atoms with Crippen molar-refractivity contribution < 1.29 is 4.79 Å². The van der Waals surface area contributed by atoms with E-state index in [1.54, 1.807) is 12.4 Å². The Morgan fingerprint density at radius 1 is 1.04 bits per heavy atom. The molecule has 1 aromatic carbocycles. The Balaban J connectivity index is 1.68. The van der Waals surface area contributed by atoms with E-state index in [0.717, 1.165) is 26.2 Å². The molecule has 4 nitrogen and oxygen atoms in total. The normalized spacial score (nSPS) is 15.1. The average molecular weight is 309 g/mol. The number of pyridine rings is 1. The van der Waals surface area contributed by atoms with Crippen LogP contribution in [0, 0.1) is 0 Å². The van der Waals surface area contributed by atoms with E-state index in [-0.39, 0.29) is 5.91 Å². The second kappa shape index (κ2) is 6.82. The van der Waals surface area contributed by atoms with E-state index in [2.05, 4.69) is 48.0 Å². The van der Waals surface area contributed by atoms with Gasteiger partial charge in [0.2, 0.25) is 0 Å². The highest BCUT2D eigenvalue weighted by atomic mass is 16.2. The van der Waals surface area contributed by atoms with E-state index in [9.17, 15) is 4.79 Å². The first-order valence-corrected chi connectivity index (χ1v) is 8.20. The van der Waals surface area contributed by atoms with Crippen LogP contribution in [-0.4, -0.2) is 42.0 Å². The molecule has 23 heavy (non-hydrogen) atoms. The van der Waals surface area contributed by atoms with Crippen molar-refractivity contribution in [2.45, 2.75) is 19.8 Å². The third-order valence-corrected chi connectivity index (χ3v) is 4.37. The lowest BCUT2D eigenvalue weighted by molar-refractivity contribution is 0.0746. The summed E-state index contributed by atoms with van der Waals surface area (Å²) in [5, 5.41) is 0. The summed E-state index contributed by atoms with van der Waals surface area (Å²) in [6.07, 6.45) is 3.33. The second-order valence-corrected chi connectivity index (χ2v) is 6.23. The number of carbonyl (C=O) groups excluding carboxylic acids is 1. The van der Waals surface area contributed by atoms with E-state index in [1.165, 1.54) is 11.3 Å². The van der Waals surface area contributed by atoms with E-state index in [4.69, 9.17) is 0 Å². The van der Waals surface area contributed by atoms with Gasteiger partial charge in [-0.05, 0) is 29.7 Å². The minimum atomic E-state index is 0.0786. The molecular weight excluding hydrogens is 286 g/mol. The van der Waals surface area contributed by atoms with Crippen LogP contribution < -0.4 is 4.90 Å². The minimum absolute atomic E-state index is 0.0786. The molecule has 0 radical (unpaired) electrons. The monoisotopic (exact) mass is 309 g/mol. The van der Waals surface area contributed by atoms with E-state index in [0.29, 0.717) is 11.5 Å². The number of nitrogens with zero attached hydrogens (tertiary/aromatic N) is 3. The number of benzene rings is 1.